The molecule has 3 aromatic rings. The molecule has 0 fully saturated rings. The summed E-state index contributed by atoms with van der Waals surface area (Å²) in [5.41, 5.74) is 4.54. The molecule has 132 valence electrons. The van der Waals surface area contributed by atoms with E-state index in [-0.39, 0.29) is 6.61 Å². The van der Waals surface area contributed by atoms with Crippen LogP contribution in [0.1, 0.15) is 24.0 Å². The van der Waals surface area contributed by atoms with Crippen LogP contribution >= 0.6 is 0 Å². The van der Waals surface area contributed by atoms with Gasteiger partial charge in [0.25, 0.3) is 0 Å². The lowest BCUT2D eigenvalue weighted by Gasteiger charge is -2.11. The Bertz CT molecular complexity index is 912. The zero-order valence-electron chi connectivity index (χ0n) is 15.1. The second-order valence-corrected chi connectivity index (χ2v) is 6.26. The summed E-state index contributed by atoms with van der Waals surface area (Å²) in [7, 11) is 0. The van der Waals surface area contributed by atoms with Gasteiger partial charge in [-0.1, -0.05) is 67.2 Å². The first kappa shape index (κ1) is 17.7. The number of benzene rings is 2. The van der Waals surface area contributed by atoms with Crippen molar-refractivity contribution >= 4 is 5.97 Å². The molecule has 2 aromatic carbocycles. The summed E-state index contributed by atoms with van der Waals surface area (Å²) < 4.78 is 7.45. The molecule has 0 aliphatic carbocycles. The number of hydrogen-bond acceptors (Lipinski definition) is 3. The number of rotatable bonds is 6. The molecule has 0 saturated carbocycles. The van der Waals surface area contributed by atoms with Gasteiger partial charge >= 0.3 is 5.97 Å². The lowest BCUT2D eigenvalue weighted by atomic mass is 10.1. The molecule has 0 aliphatic rings. The molecular formula is C22H22N2O2. The van der Waals surface area contributed by atoms with Crippen LogP contribution in [0.15, 0.2) is 72.8 Å². The quantitative estimate of drug-likeness (QED) is 0.487. The van der Waals surface area contributed by atoms with Crippen LogP contribution in [-0.4, -0.2) is 15.5 Å². The first-order chi connectivity index (χ1) is 12.6. The van der Waals surface area contributed by atoms with E-state index >= 15 is 0 Å². The predicted octanol–water partition coefficient (Wildman–Crippen LogP) is 4.53. The summed E-state index contributed by atoms with van der Waals surface area (Å²) in [5, 5.41) is 0. The Hall–Kier alpha value is -3.14. The van der Waals surface area contributed by atoms with E-state index in [1.54, 1.807) is 6.92 Å². The Morgan fingerprint density at radius 2 is 1.69 bits per heavy atom. The average Bonchev–Trinajstić information content (AvgIpc) is 2.97. The van der Waals surface area contributed by atoms with Crippen molar-refractivity contribution in [3.05, 3.63) is 89.9 Å². The number of aromatic nitrogens is 2. The van der Waals surface area contributed by atoms with E-state index in [0.29, 0.717) is 12.1 Å². The molecule has 1 heterocycles. The molecule has 0 N–H and O–H groups in total. The number of nitrogens with zero attached hydrogens (tertiary/aromatic N) is 2. The predicted molar refractivity (Wildman–Crippen MR) is 103 cm³/mol. The van der Waals surface area contributed by atoms with E-state index in [0.717, 1.165) is 22.8 Å². The highest BCUT2D eigenvalue weighted by molar-refractivity contribution is 5.86. The Morgan fingerprint density at radius 1 is 1.08 bits per heavy atom. The van der Waals surface area contributed by atoms with Gasteiger partial charge in [-0.3, -0.25) is 0 Å². The van der Waals surface area contributed by atoms with Gasteiger partial charge in [0.15, 0.2) is 0 Å². The third-order valence-corrected chi connectivity index (χ3v) is 4.21. The van der Waals surface area contributed by atoms with Crippen molar-refractivity contribution in [1.82, 2.24) is 9.55 Å². The van der Waals surface area contributed by atoms with Crippen LogP contribution in [0, 0.1) is 6.92 Å². The summed E-state index contributed by atoms with van der Waals surface area (Å²) in [4.78, 5) is 16.6. The summed E-state index contributed by atoms with van der Waals surface area (Å²) in [5.74, 6) is 0.318. The van der Waals surface area contributed by atoms with Crippen LogP contribution in [0.4, 0.5) is 0 Å². The minimum Gasteiger partial charge on any atom is -0.454 e. The highest BCUT2D eigenvalue weighted by atomic mass is 16.5. The van der Waals surface area contributed by atoms with E-state index in [9.17, 15) is 4.79 Å². The van der Waals surface area contributed by atoms with Crippen molar-refractivity contribution < 1.29 is 9.53 Å². The second kappa shape index (κ2) is 7.83. The maximum Gasteiger partial charge on any atom is 0.333 e. The zero-order chi connectivity index (χ0) is 18.5. The van der Waals surface area contributed by atoms with Crippen LogP contribution in [0.5, 0.6) is 0 Å². The van der Waals surface area contributed by atoms with Crippen molar-refractivity contribution in [2.45, 2.75) is 27.0 Å². The molecule has 1 aromatic heterocycles. The molecule has 0 spiro atoms. The summed E-state index contributed by atoms with van der Waals surface area (Å²) in [6.07, 6.45) is 0. The third-order valence-electron chi connectivity index (χ3n) is 4.21. The van der Waals surface area contributed by atoms with E-state index < -0.39 is 5.97 Å². The standard InChI is InChI=1S/C22H22N2O2/c1-16(2)22(25)26-15-20-23-21(19-12-8-5-9-13-19)17(3)24(20)14-18-10-6-4-7-11-18/h4-13H,1,14-15H2,2-3H3. The third kappa shape index (κ3) is 3.91. The van der Waals surface area contributed by atoms with Gasteiger partial charge in [-0.2, -0.15) is 0 Å². The average molecular weight is 346 g/mol. The van der Waals surface area contributed by atoms with Gasteiger partial charge in [-0.15, -0.1) is 0 Å². The van der Waals surface area contributed by atoms with E-state index in [4.69, 9.17) is 9.72 Å². The molecule has 4 heteroatoms. The van der Waals surface area contributed by atoms with Crippen LogP contribution in [0.25, 0.3) is 11.3 Å². The van der Waals surface area contributed by atoms with Crippen molar-refractivity contribution in [2.75, 3.05) is 0 Å². The Balaban J connectivity index is 1.97. The Kier molecular flexibility index (Phi) is 5.32. The normalized spacial score (nSPS) is 10.5. The Morgan fingerprint density at radius 3 is 2.31 bits per heavy atom. The first-order valence-corrected chi connectivity index (χ1v) is 8.54. The zero-order valence-corrected chi connectivity index (χ0v) is 15.1. The molecule has 0 amide bonds. The molecule has 26 heavy (non-hydrogen) atoms. The molecule has 0 unspecified atom stereocenters. The fraction of sp³-hybridized carbons (Fsp3) is 0.182. The molecule has 0 radical (unpaired) electrons. The smallest absolute Gasteiger partial charge is 0.333 e. The lowest BCUT2D eigenvalue weighted by molar-refractivity contribution is -0.140. The van der Waals surface area contributed by atoms with Crippen LogP contribution < -0.4 is 0 Å². The lowest BCUT2D eigenvalue weighted by Crippen LogP contribution is -2.11. The summed E-state index contributed by atoms with van der Waals surface area (Å²) in [6.45, 7) is 8.10. The van der Waals surface area contributed by atoms with Crippen LogP contribution in [0.2, 0.25) is 0 Å². The first-order valence-electron chi connectivity index (χ1n) is 8.54. The highest BCUT2D eigenvalue weighted by Gasteiger charge is 2.17. The van der Waals surface area contributed by atoms with Crippen molar-refractivity contribution in [1.29, 1.82) is 0 Å². The molecule has 3 rings (SSSR count). The number of hydrogen-bond donors (Lipinski definition) is 0. The minimum atomic E-state index is -0.404. The van der Waals surface area contributed by atoms with Gasteiger partial charge in [-0.05, 0) is 19.4 Å². The Labute approximate surface area is 153 Å². The van der Waals surface area contributed by atoms with Gasteiger partial charge in [0.1, 0.15) is 12.4 Å². The number of esters is 1. The fourth-order valence-electron chi connectivity index (χ4n) is 2.80. The van der Waals surface area contributed by atoms with E-state index in [2.05, 4.69) is 23.3 Å². The second-order valence-electron chi connectivity index (χ2n) is 6.26. The molecule has 4 nitrogen and oxygen atoms in total. The largest absolute Gasteiger partial charge is 0.454 e. The number of imidazole rings is 1. The molecule has 0 aliphatic heterocycles. The minimum absolute atomic E-state index is 0.117. The van der Waals surface area contributed by atoms with Gasteiger partial charge in [-0.25, -0.2) is 9.78 Å². The SMILES string of the molecule is C=C(C)C(=O)OCc1nc(-c2ccccc2)c(C)n1Cc1ccccc1. The maximum absolute atomic E-state index is 11.8. The van der Waals surface area contributed by atoms with Crippen LogP contribution in [0.3, 0.4) is 0 Å². The van der Waals surface area contributed by atoms with Gasteiger partial charge in [0, 0.05) is 23.4 Å². The monoisotopic (exact) mass is 346 g/mol. The molecular weight excluding hydrogens is 324 g/mol. The molecule has 0 saturated heterocycles. The van der Waals surface area contributed by atoms with Crippen molar-refractivity contribution in [3.8, 4) is 11.3 Å². The van der Waals surface area contributed by atoms with Crippen molar-refractivity contribution in [2.24, 2.45) is 0 Å². The number of carbonyl (C=O) groups excluding carboxylic acids is 1. The number of ether oxygens (including phenoxy) is 1. The van der Waals surface area contributed by atoms with Gasteiger partial charge < -0.3 is 9.30 Å². The van der Waals surface area contributed by atoms with Crippen LogP contribution in [-0.2, 0) is 22.7 Å². The fourth-order valence-corrected chi connectivity index (χ4v) is 2.80. The number of carbonyl (C=O) groups is 1. The van der Waals surface area contributed by atoms with Gasteiger partial charge in [0.05, 0.1) is 5.69 Å². The van der Waals surface area contributed by atoms with Crippen molar-refractivity contribution in [3.63, 3.8) is 0 Å². The van der Waals surface area contributed by atoms with E-state index in [1.165, 1.54) is 5.56 Å². The molecule has 0 bridgehead atoms. The molecule has 0 atom stereocenters. The van der Waals surface area contributed by atoms with E-state index in [1.807, 2.05) is 55.5 Å². The summed E-state index contributed by atoms with van der Waals surface area (Å²) >= 11 is 0. The highest BCUT2D eigenvalue weighted by Crippen LogP contribution is 2.25. The summed E-state index contributed by atoms with van der Waals surface area (Å²) in [6, 6.07) is 20.2. The maximum atomic E-state index is 11.8. The topological polar surface area (TPSA) is 44.1 Å². The van der Waals surface area contributed by atoms with Gasteiger partial charge in [0.2, 0.25) is 0 Å².